The van der Waals surface area contributed by atoms with Crippen LogP contribution in [-0.4, -0.2) is 45.0 Å². The van der Waals surface area contributed by atoms with Crippen molar-refractivity contribution in [2.45, 2.75) is 115 Å². The van der Waals surface area contributed by atoms with Gasteiger partial charge >= 0.3 is 5.69 Å². The molecule has 0 aromatic carbocycles. The fraction of sp³-hybridized carbons (Fsp3) is 0.792. The fourth-order valence-electron chi connectivity index (χ4n) is 3.60. The summed E-state index contributed by atoms with van der Waals surface area (Å²) in [5.74, 6) is 0. The van der Waals surface area contributed by atoms with Gasteiger partial charge < -0.3 is 13.6 Å². The van der Waals surface area contributed by atoms with E-state index in [0.717, 1.165) is 0 Å². The summed E-state index contributed by atoms with van der Waals surface area (Å²) in [5.41, 5.74) is -2.12. The molecule has 2 rings (SSSR count). The average Bonchev–Trinajstić information content (AvgIpc) is 3.00. The van der Waals surface area contributed by atoms with Crippen LogP contribution in [0, 0.1) is 11.3 Å². The first-order chi connectivity index (χ1) is 15.4. The molecule has 1 fully saturated rings. The van der Waals surface area contributed by atoms with Crippen LogP contribution < -0.4 is 11.2 Å². The van der Waals surface area contributed by atoms with Gasteiger partial charge in [-0.2, -0.15) is 5.26 Å². The number of nitrogens with zero attached hydrogens (tertiary/aromatic N) is 2. The highest BCUT2D eigenvalue weighted by molar-refractivity contribution is 6.74. The van der Waals surface area contributed by atoms with E-state index in [1.807, 2.05) is 0 Å². The van der Waals surface area contributed by atoms with Crippen molar-refractivity contribution in [3.05, 3.63) is 33.1 Å². The molecule has 8 nitrogen and oxygen atoms in total. The quantitative estimate of drug-likeness (QED) is 0.509. The van der Waals surface area contributed by atoms with E-state index in [4.69, 9.17) is 13.6 Å². The third-order valence-electron chi connectivity index (χ3n) is 7.86. The Labute approximate surface area is 205 Å². The lowest BCUT2D eigenvalue weighted by Crippen LogP contribution is -2.48. The third-order valence-corrected chi connectivity index (χ3v) is 16.9. The maximum Gasteiger partial charge on any atom is 0.330 e. The first-order valence-electron chi connectivity index (χ1n) is 12.0. The molecule has 192 valence electrons. The largest absolute Gasteiger partial charge is 0.414 e. The maximum absolute atomic E-state index is 12.8. The summed E-state index contributed by atoms with van der Waals surface area (Å²) in [5, 5.41) is 9.36. The first-order valence-corrected chi connectivity index (χ1v) is 17.9. The number of hydrogen-bond donors (Lipinski definition) is 1. The summed E-state index contributed by atoms with van der Waals surface area (Å²) in [6.45, 7) is 22.3. The van der Waals surface area contributed by atoms with Crippen LogP contribution in [0.3, 0.4) is 0 Å². The lowest BCUT2D eigenvalue weighted by Gasteiger charge is -2.40. The Morgan fingerprint density at radius 1 is 1.15 bits per heavy atom. The van der Waals surface area contributed by atoms with Gasteiger partial charge in [0.25, 0.3) is 5.56 Å². The summed E-state index contributed by atoms with van der Waals surface area (Å²) in [7, 11) is -4.23. The minimum Gasteiger partial charge on any atom is -0.414 e. The molecular weight excluding hydrogens is 466 g/mol. The highest BCUT2D eigenvalue weighted by atomic mass is 28.4. The first kappa shape index (κ1) is 28.7. The van der Waals surface area contributed by atoms with E-state index in [0.29, 0.717) is 19.4 Å². The Morgan fingerprint density at radius 2 is 1.74 bits per heavy atom. The molecule has 1 N–H and O–H groups in total. The number of nitrogens with one attached hydrogen (secondary N) is 1. The second kappa shape index (κ2) is 9.86. The van der Waals surface area contributed by atoms with Crippen molar-refractivity contribution in [2.75, 3.05) is 6.61 Å². The van der Waals surface area contributed by atoms with Crippen LogP contribution in [0.1, 0.15) is 60.8 Å². The van der Waals surface area contributed by atoms with Crippen molar-refractivity contribution < 1.29 is 13.6 Å². The molecule has 1 aromatic rings. The predicted octanol–water partition coefficient (Wildman–Crippen LogP) is 4.69. The lowest BCUT2D eigenvalue weighted by molar-refractivity contribution is -0.121. The standard InChI is InChI=1S/C24H43N3O5Si2/c1-22(2,3)33(7,8)30-17-19-18(32-34(9,10)23(4,5)6)16-24(31-19,13-11-14-25)27-15-12-20(28)26-21(27)29/h12,15,18-19H,11,13,16-17H2,1-10H3,(H,26,28,29)/t18-,19+,24+/m0/s1. The van der Waals surface area contributed by atoms with Gasteiger partial charge in [0, 0.05) is 31.5 Å². The summed E-state index contributed by atoms with van der Waals surface area (Å²) in [6.07, 6.45) is 1.67. The number of ether oxygens (including phenoxy) is 1. The number of aromatic amines is 1. The molecule has 10 heteroatoms. The zero-order valence-corrected chi connectivity index (χ0v) is 24.6. The van der Waals surface area contributed by atoms with Gasteiger partial charge in [0.2, 0.25) is 0 Å². The zero-order chi connectivity index (χ0) is 26.2. The van der Waals surface area contributed by atoms with E-state index < -0.39 is 39.7 Å². The van der Waals surface area contributed by atoms with Crippen LogP contribution in [0.15, 0.2) is 21.9 Å². The lowest BCUT2D eigenvalue weighted by atomic mass is 10.0. The summed E-state index contributed by atoms with van der Waals surface area (Å²) >= 11 is 0. The van der Waals surface area contributed by atoms with E-state index >= 15 is 0 Å². The summed E-state index contributed by atoms with van der Waals surface area (Å²) in [6, 6.07) is 3.48. The Morgan fingerprint density at radius 3 is 2.24 bits per heavy atom. The van der Waals surface area contributed by atoms with Crippen molar-refractivity contribution in [1.29, 1.82) is 5.26 Å². The van der Waals surface area contributed by atoms with E-state index in [-0.39, 0.29) is 22.6 Å². The Bertz CT molecular complexity index is 1010. The molecule has 0 unspecified atom stereocenters. The highest BCUT2D eigenvalue weighted by Gasteiger charge is 2.52. The van der Waals surface area contributed by atoms with E-state index in [1.54, 1.807) is 0 Å². The van der Waals surface area contributed by atoms with Gasteiger partial charge in [0.05, 0.1) is 18.8 Å². The molecule has 0 amide bonds. The molecule has 0 bridgehead atoms. The van der Waals surface area contributed by atoms with Gasteiger partial charge in [-0.3, -0.25) is 14.3 Å². The molecule has 0 saturated carbocycles. The van der Waals surface area contributed by atoms with Crippen molar-refractivity contribution >= 4 is 16.6 Å². The molecule has 1 aromatic heterocycles. The number of H-pyrrole nitrogens is 1. The highest BCUT2D eigenvalue weighted by Crippen LogP contribution is 2.45. The number of aromatic nitrogens is 2. The maximum atomic E-state index is 12.8. The molecule has 1 aliphatic rings. The van der Waals surface area contributed by atoms with Crippen LogP contribution >= 0.6 is 0 Å². The minimum absolute atomic E-state index is 0.00936. The zero-order valence-electron chi connectivity index (χ0n) is 22.6. The average molecular weight is 510 g/mol. The van der Waals surface area contributed by atoms with Gasteiger partial charge in [0.1, 0.15) is 6.10 Å². The molecule has 0 radical (unpaired) electrons. The SMILES string of the molecule is CC(C)(C)[Si](C)(C)OC[C@H]1O[C@@](CCC#N)(n2ccc(=O)[nH]c2=O)C[C@@H]1O[Si](C)(C)C(C)(C)C. The van der Waals surface area contributed by atoms with E-state index in [9.17, 15) is 14.9 Å². The fourth-order valence-corrected chi connectivity index (χ4v) is 5.96. The Kier molecular flexibility index (Phi) is 8.32. The minimum atomic E-state index is -2.17. The molecule has 1 aliphatic heterocycles. The molecule has 1 saturated heterocycles. The summed E-state index contributed by atoms with van der Waals surface area (Å²) < 4.78 is 21.4. The normalized spacial score (nSPS) is 24.3. The topological polar surface area (TPSA) is 106 Å². The van der Waals surface area contributed by atoms with Gasteiger partial charge in [-0.15, -0.1) is 0 Å². The summed E-state index contributed by atoms with van der Waals surface area (Å²) in [4.78, 5) is 26.8. The number of rotatable bonds is 8. The third kappa shape index (κ3) is 6.18. The molecule has 2 heterocycles. The van der Waals surface area contributed by atoms with Gasteiger partial charge in [-0.05, 0) is 36.3 Å². The van der Waals surface area contributed by atoms with Crippen LogP contribution in [0.25, 0.3) is 0 Å². The van der Waals surface area contributed by atoms with Crippen LogP contribution in [0.2, 0.25) is 36.3 Å². The van der Waals surface area contributed by atoms with Crippen molar-refractivity contribution in [3.8, 4) is 6.07 Å². The van der Waals surface area contributed by atoms with Gasteiger partial charge in [-0.25, -0.2) is 4.79 Å². The molecule has 0 aliphatic carbocycles. The van der Waals surface area contributed by atoms with E-state index in [2.05, 4.69) is 78.8 Å². The van der Waals surface area contributed by atoms with Crippen LogP contribution in [-0.2, 0) is 19.3 Å². The smallest absolute Gasteiger partial charge is 0.330 e. The Balaban J connectivity index is 2.50. The molecule has 3 atom stereocenters. The predicted molar refractivity (Wildman–Crippen MR) is 139 cm³/mol. The number of hydrogen-bond acceptors (Lipinski definition) is 6. The van der Waals surface area contributed by atoms with Crippen molar-refractivity contribution in [2.24, 2.45) is 0 Å². The number of nitriles is 1. The van der Waals surface area contributed by atoms with Gasteiger partial charge in [-0.1, -0.05) is 41.5 Å². The van der Waals surface area contributed by atoms with Crippen molar-refractivity contribution in [1.82, 2.24) is 9.55 Å². The molecular formula is C24H43N3O5Si2. The Hall–Kier alpha value is -1.52. The van der Waals surface area contributed by atoms with Crippen LogP contribution in [0.5, 0.6) is 0 Å². The van der Waals surface area contributed by atoms with Crippen molar-refractivity contribution in [3.63, 3.8) is 0 Å². The van der Waals surface area contributed by atoms with Gasteiger partial charge in [0.15, 0.2) is 22.4 Å². The second-order valence-electron chi connectivity index (χ2n) is 12.4. The van der Waals surface area contributed by atoms with Crippen LogP contribution in [0.4, 0.5) is 0 Å². The monoisotopic (exact) mass is 509 g/mol. The van der Waals surface area contributed by atoms with E-state index in [1.165, 1.54) is 16.8 Å². The molecule has 34 heavy (non-hydrogen) atoms. The molecule has 0 spiro atoms. The second-order valence-corrected chi connectivity index (χ2v) is 22.0.